The number of fused-ring (bicyclic) bond motifs is 7. The van der Waals surface area contributed by atoms with Crippen molar-refractivity contribution in [2.75, 3.05) is 21.2 Å². The third kappa shape index (κ3) is 5.45. The van der Waals surface area contributed by atoms with Crippen molar-refractivity contribution in [3.05, 3.63) is 11.6 Å². The summed E-state index contributed by atoms with van der Waals surface area (Å²) in [6.45, 7) is 9.86. The lowest BCUT2D eigenvalue weighted by atomic mass is 9.38. The van der Waals surface area contributed by atoms with Gasteiger partial charge in [0.05, 0.1) is 11.8 Å². The van der Waals surface area contributed by atoms with Crippen LogP contribution >= 0.6 is 0 Å². The van der Waals surface area contributed by atoms with Crippen LogP contribution in [0.4, 0.5) is 0 Å². The van der Waals surface area contributed by atoms with E-state index in [9.17, 15) is 14.4 Å². The molecule has 4 fully saturated rings. The van der Waals surface area contributed by atoms with Crippen LogP contribution < -0.4 is 0 Å². The zero-order chi connectivity index (χ0) is 29.5. The Hall–Kier alpha value is -1.69. The van der Waals surface area contributed by atoms with Crippen LogP contribution in [0.5, 0.6) is 0 Å². The molecule has 10 unspecified atom stereocenters. The number of amides is 1. The van der Waals surface area contributed by atoms with E-state index < -0.39 is 0 Å². The predicted molar refractivity (Wildman–Crippen MR) is 164 cm³/mol. The largest absolute Gasteiger partial charge is 0.462 e. The number of rotatable bonds is 5. The van der Waals surface area contributed by atoms with Gasteiger partial charge in [0.2, 0.25) is 5.91 Å². The van der Waals surface area contributed by atoms with Crippen LogP contribution in [0, 0.1) is 51.8 Å². The van der Waals surface area contributed by atoms with Crippen molar-refractivity contribution in [2.24, 2.45) is 51.8 Å². The quantitative estimate of drug-likeness (QED) is 0.221. The highest BCUT2D eigenvalue weighted by Crippen LogP contribution is 2.70. The maximum Gasteiger partial charge on any atom is 0.306 e. The number of esters is 1. The van der Waals surface area contributed by atoms with Gasteiger partial charge in [0.15, 0.2) is 0 Å². The molecule has 0 aliphatic heterocycles. The summed E-state index contributed by atoms with van der Waals surface area (Å²) in [7, 11) is 4.90. The van der Waals surface area contributed by atoms with Gasteiger partial charge >= 0.3 is 5.97 Å². The monoisotopic (exact) mass is 573 g/mol. The van der Waals surface area contributed by atoms with E-state index in [1.807, 2.05) is 19.0 Å². The van der Waals surface area contributed by atoms with Crippen molar-refractivity contribution in [2.45, 2.75) is 118 Å². The summed E-state index contributed by atoms with van der Waals surface area (Å²) < 4.78 is 5.92. The molecule has 6 nitrogen and oxygen atoms in total. The van der Waals surface area contributed by atoms with Gasteiger partial charge < -0.3 is 19.5 Å². The molecule has 1 N–H and O–H groups in total. The average molecular weight is 574 g/mol. The Morgan fingerprint density at radius 3 is 2.37 bits per heavy atom. The molecule has 0 aromatic heterocycles. The molecule has 6 heteroatoms. The third-order valence-corrected chi connectivity index (χ3v) is 12.7. The summed E-state index contributed by atoms with van der Waals surface area (Å²) in [5, 5.41) is 7.00. The number of hydrogen-bond acceptors (Lipinski definition) is 5. The second kappa shape index (κ2) is 12.9. The standard InChI is InChI=1S/C33H51NO4.CH4O.CH4/c1-21-9-7-16-33(30(37)34(5)6)19-14-25-23(29(21)33)11-12-27-31(3)18-15-26(38-28(36)10-8-20-35)22(2)24(31)13-17-32(25,27)4;1-2;/h11,20-22,24-27,29H,7-10,12-19H2,1-6H3;2H,1H3;1H4. The van der Waals surface area contributed by atoms with Crippen LogP contribution in [-0.2, 0) is 19.1 Å². The van der Waals surface area contributed by atoms with E-state index in [0.717, 1.165) is 51.9 Å². The predicted octanol–water partition coefficient (Wildman–Crippen LogP) is 6.84. The minimum absolute atomic E-state index is 0. The summed E-state index contributed by atoms with van der Waals surface area (Å²) >= 11 is 0. The Balaban J connectivity index is 0.00000151. The Morgan fingerprint density at radius 2 is 1.71 bits per heavy atom. The molecule has 5 aliphatic carbocycles. The smallest absolute Gasteiger partial charge is 0.306 e. The highest BCUT2D eigenvalue weighted by Gasteiger charge is 2.64. The average Bonchev–Trinajstić information content (AvgIpc) is 2.93. The highest BCUT2D eigenvalue weighted by atomic mass is 16.5. The number of aliphatic hydroxyl groups excluding tert-OH is 1. The molecular formula is C35H59NO5. The maximum absolute atomic E-state index is 13.7. The Kier molecular flexibility index (Phi) is 10.6. The summed E-state index contributed by atoms with van der Waals surface area (Å²) in [6, 6.07) is 0. The Labute approximate surface area is 250 Å². The van der Waals surface area contributed by atoms with Gasteiger partial charge in [-0.2, -0.15) is 0 Å². The van der Waals surface area contributed by atoms with Crippen molar-refractivity contribution in [3.63, 3.8) is 0 Å². The van der Waals surface area contributed by atoms with Crippen LogP contribution in [0.25, 0.3) is 0 Å². The fourth-order valence-electron chi connectivity index (χ4n) is 11.1. The number of nitrogens with zero attached hydrogens (tertiary/aromatic N) is 1. The molecule has 0 heterocycles. The van der Waals surface area contributed by atoms with Gasteiger partial charge in [-0.1, -0.05) is 59.6 Å². The maximum atomic E-state index is 13.7. The van der Waals surface area contributed by atoms with Gasteiger partial charge in [-0.15, -0.1) is 0 Å². The van der Waals surface area contributed by atoms with E-state index in [1.165, 1.54) is 25.7 Å². The molecule has 0 radical (unpaired) electrons. The van der Waals surface area contributed by atoms with Crippen molar-refractivity contribution in [3.8, 4) is 0 Å². The number of ether oxygens (including phenoxy) is 1. The van der Waals surface area contributed by atoms with Gasteiger partial charge in [-0.05, 0) is 97.7 Å². The molecule has 0 aromatic carbocycles. The number of allylic oxidation sites excluding steroid dienone is 2. The van der Waals surface area contributed by atoms with Gasteiger partial charge in [-0.3, -0.25) is 9.59 Å². The summed E-state index contributed by atoms with van der Waals surface area (Å²) in [5.41, 5.74) is 1.96. The minimum Gasteiger partial charge on any atom is -0.462 e. The lowest BCUT2D eigenvalue weighted by molar-refractivity contribution is -0.179. The van der Waals surface area contributed by atoms with Crippen LogP contribution in [0.1, 0.15) is 112 Å². The third-order valence-electron chi connectivity index (χ3n) is 12.7. The van der Waals surface area contributed by atoms with E-state index >= 15 is 0 Å². The number of hydrogen-bond donors (Lipinski definition) is 1. The number of carbonyl (C=O) groups excluding carboxylic acids is 3. The number of aldehydes is 1. The molecule has 1 amide bonds. The SMILES string of the molecule is C.CC1CCCC2(C(=O)N(C)C)CCC3C(=CCC4C3(C)CCC3C(C)C(OC(=O)CCC=O)CCC34C)C12.CO. The molecule has 41 heavy (non-hydrogen) atoms. The molecule has 4 saturated carbocycles. The van der Waals surface area contributed by atoms with Gasteiger partial charge in [0, 0.05) is 27.6 Å². The second-order valence-corrected chi connectivity index (χ2v) is 14.6. The van der Waals surface area contributed by atoms with E-state index in [4.69, 9.17) is 9.84 Å². The van der Waals surface area contributed by atoms with Crippen LogP contribution in [0.2, 0.25) is 0 Å². The van der Waals surface area contributed by atoms with Crippen molar-refractivity contribution in [1.29, 1.82) is 0 Å². The van der Waals surface area contributed by atoms with Crippen LogP contribution in [-0.4, -0.2) is 55.5 Å². The molecule has 0 spiro atoms. The second-order valence-electron chi connectivity index (χ2n) is 14.6. The van der Waals surface area contributed by atoms with E-state index in [2.05, 4.69) is 33.8 Å². The van der Waals surface area contributed by atoms with Crippen molar-refractivity contribution < 1.29 is 24.2 Å². The minimum atomic E-state index is -0.219. The summed E-state index contributed by atoms with van der Waals surface area (Å²) in [5.74, 6) is 3.23. The normalized spacial score (nSPS) is 42.6. The van der Waals surface area contributed by atoms with Crippen LogP contribution in [0.3, 0.4) is 0 Å². The highest BCUT2D eigenvalue weighted by molar-refractivity contribution is 5.83. The molecule has 0 saturated heterocycles. The first kappa shape index (κ1) is 33.8. The van der Waals surface area contributed by atoms with E-state index in [-0.39, 0.29) is 48.6 Å². The van der Waals surface area contributed by atoms with E-state index in [0.29, 0.717) is 41.4 Å². The number of aliphatic hydroxyl groups is 1. The zero-order valence-corrected chi connectivity index (χ0v) is 26.2. The first-order valence-corrected chi connectivity index (χ1v) is 16.0. The molecule has 5 rings (SSSR count). The molecular weight excluding hydrogens is 514 g/mol. The topological polar surface area (TPSA) is 83.9 Å². The van der Waals surface area contributed by atoms with Crippen LogP contribution in [0.15, 0.2) is 11.6 Å². The fraction of sp³-hybridized carbons (Fsp3) is 0.857. The zero-order valence-electron chi connectivity index (χ0n) is 26.2. The number of carbonyl (C=O) groups is 3. The molecule has 5 aliphatic rings. The first-order valence-electron chi connectivity index (χ1n) is 16.0. The molecule has 234 valence electrons. The molecule has 0 bridgehead atoms. The van der Waals surface area contributed by atoms with E-state index in [1.54, 1.807) is 5.57 Å². The Morgan fingerprint density at radius 1 is 1.02 bits per heavy atom. The van der Waals surface area contributed by atoms with Gasteiger partial charge in [-0.25, -0.2) is 0 Å². The first-order chi connectivity index (χ1) is 19.0. The van der Waals surface area contributed by atoms with Crippen molar-refractivity contribution >= 4 is 18.2 Å². The van der Waals surface area contributed by atoms with Crippen molar-refractivity contribution in [1.82, 2.24) is 4.90 Å². The molecule has 10 atom stereocenters. The summed E-state index contributed by atoms with van der Waals surface area (Å²) in [4.78, 5) is 38.6. The lowest BCUT2D eigenvalue weighted by Crippen LogP contribution is -2.61. The Bertz CT molecular complexity index is 991. The lowest BCUT2D eigenvalue weighted by Gasteiger charge is -2.66. The summed E-state index contributed by atoms with van der Waals surface area (Å²) in [6.07, 6.45) is 15.1. The van der Waals surface area contributed by atoms with Gasteiger partial charge in [0.25, 0.3) is 0 Å². The molecule has 0 aromatic rings. The fourth-order valence-corrected chi connectivity index (χ4v) is 11.1. The van der Waals surface area contributed by atoms with Gasteiger partial charge in [0.1, 0.15) is 12.4 Å².